The molecule has 0 aliphatic carbocycles. The third-order valence-electron chi connectivity index (χ3n) is 3.12. The smallest absolute Gasteiger partial charge is 0.226 e. The van der Waals surface area contributed by atoms with E-state index in [0.717, 1.165) is 22.6 Å². The van der Waals surface area contributed by atoms with Gasteiger partial charge in [0.05, 0.1) is 17.2 Å². The summed E-state index contributed by atoms with van der Waals surface area (Å²) in [7, 11) is 0. The lowest BCUT2D eigenvalue weighted by molar-refractivity contribution is 0.275. The summed E-state index contributed by atoms with van der Waals surface area (Å²) in [5, 5.41) is 9.92. The van der Waals surface area contributed by atoms with Crippen molar-refractivity contribution in [1.29, 1.82) is 0 Å². The second-order valence-corrected chi connectivity index (χ2v) is 5.42. The van der Waals surface area contributed by atoms with Crippen molar-refractivity contribution in [2.75, 3.05) is 0 Å². The summed E-state index contributed by atoms with van der Waals surface area (Å²) in [6.07, 6.45) is 0. The Kier molecular flexibility index (Phi) is 4.31. The van der Waals surface area contributed by atoms with Gasteiger partial charge in [0.2, 0.25) is 5.88 Å². The van der Waals surface area contributed by atoms with E-state index in [2.05, 4.69) is 17.1 Å². The Hall–Kier alpha value is -1.58. The van der Waals surface area contributed by atoms with E-state index < -0.39 is 0 Å². The van der Waals surface area contributed by atoms with E-state index in [4.69, 9.17) is 16.3 Å². The Morgan fingerprint density at radius 3 is 2.25 bits per heavy atom. The number of benzene rings is 1. The molecular formula is C16H18ClNO2. The summed E-state index contributed by atoms with van der Waals surface area (Å²) >= 11 is 6.13. The van der Waals surface area contributed by atoms with E-state index in [1.54, 1.807) is 6.07 Å². The minimum atomic E-state index is -0.203. The number of ether oxygens (including phenoxy) is 1. The molecule has 4 heteroatoms. The molecule has 0 bridgehead atoms. The highest BCUT2D eigenvalue weighted by molar-refractivity contribution is 6.31. The van der Waals surface area contributed by atoms with Gasteiger partial charge in [-0.2, -0.15) is 0 Å². The first-order chi connectivity index (χ1) is 9.42. The average Bonchev–Trinajstić information content (AvgIpc) is 2.33. The maximum Gasteiger partial charge on any atom is 0.226 e. The van der Waals surface area contributed by atoms with Gasteiger partial charge in [0.1, 0.15) is 5.75 Å². The van der Waals surface area contributed by atoms with E-state index in [1.807, 2.05) is 27.7 Å². The average molecular weight is 292 g/mol. The molecule has 2 aromatic rings. The van der Waals surface area contributed by atoms with Crippen LogP contribution in [0, 0.1) is 27.7 Å². The number of aliphatic hydroxyl groups is 1. The third-order valence-corrected chi connectivity index (χ3v) is 3.46. The molecule has 1 aromatic carbocycles. The van der Waals surface area contributed by atoms with Crippen molar-refractivity contribution >= 4 is 11.6 Å². The van der Waals surface area contributed by atoms with Crippen LogP contribution in [-0.2, 0) is 6.61 Å². The molecule has 0 atom stereocenters. The predicted molar refractivity (Wildman–Crippen MR) is 80.6 cm³/mol. The van der Waals surface area contributed by atoms with Gasteiger partial charge in [-0.25, -0.2) is 4.98 Å². The molecule has 1 heterocycles. The first-order valence-electron chi connectivity index (χ1n) is 6.45. The number of aromatic nitrogens is 1. The number of nitrogens with zero attached hydrogens (tertiary/aromatic N) is 1. The first kappa shape index (κ1) is 14.8. The fourth-order valence-corrected chi connectivity index (χ4v) is 2.58. The summed E-state index contributed by atoms with van der Waals surface area (Å²) in [5.41, 5.74) is 4.52. The quantitative estimate of drug-likeness (QED) is 0.919. The molecule has 1 N–H and O–H groups in total. The number of halogens is 1. The predicted octanol–water partition coefficient (Wildman–Crippen LogP) is 4.25. The van der Waals surface area contributed by atoms with Gasteiger partial charge in [0.15, 0.2) is 0 Å². The molecule has 0 amide bonds. The van der Waals surface area contributed by atoms with Crippen LogP contribution in [0.1, 0.15) is 27.9 Å². The van der Waals surface area contributed by atoms with Crippen molar-refractivity contribution in [3.63, 3.8) is 0 Å². The largest absolute Gasteiger partial charge is 0.438 e. The Morgan fingerprint density at radius 2 is 1.70 bits per heavy atom. The molecule has 0 fully saturated rings. The Labute approximate surface area is 124 Å². The minimum Gasteiger partial charge on any atom is -0.438 e. The van der Waals surface area contributed by atoms with Crippen molar-refractivity contribution in [1.82, 2.24) is 4.98 Å². The lowest BCUT2D eigenvalue weighted by atomic mass is 10.1. The SMILES string of the molecule is Cc1cc(C)c(Oc2nc(C)cc(Cl)c2CO)c(C)c1. The van der Waals surface area contributed by atoms with Crippen molar-refractivity contribution < 1.29 is 9.84 Å². The fourth-order valence-electron chi connectivity index (χ4n) is 2.28. The number of rotatable bonds is 3. The summed E-state index contributed by atoms with van der Waals surface area (Å²) in [4.78, 5) is 4.34. The van der Waals surface area contributed by atoms with Crippen molar-refractivity contribution in [3.05, 3.63) is 51.2 Å². The lowest BCUT2D eigenvalue weighted by Gasteiger charge is -2.15. The molecule has 0 spiro atoms. The van der Waals surface area contributed by atoms with Gasteiger partial charge in [0, 0.05) is 5.69 Å². The van der Waals surface area contributed by atoms with Crippen molar-refractivity contribution in [2.45, 2.75) is 34.3 Å². The molecule has 0 saturated heterocycles. The van der Waals surface area contributed by atoms with Crippen LogP contribution in [0.15, 0.2) is 18.2 Å². The molecular weight excluding hydrogens is 274 g/mol. The summed E-state index contributed by atoms with van der Waals surface area (Å²) in [5.74, 6) is 1.13. The Morgan fingerprint density at radius 1 is 1.10 bits per heavy atom. The fraction of sp³-hybridized carbons (Fsp3) is 0.312. The van der Waals surface area contributed by atoms with Gasteiger partial charge in [-0.15, -0.1) is 0 Å². The molecule has 3 nitrogen and oxygen atoms in total. The van der Waals surface area contributed by atoms with Crippen LogP contribution in [0.3, 0.4) is 0 Å². The highest BCUT2D eigenvalue weighted by Crippen LogP contribution is 2.33. The number of aryl methyl sites for hydroxylation is 4. The Balaban J connectivity index is 2.50. The topological polar surface area (TPSA) is 42.4 Å². The normalized spacial score (nSPS) is 10.7. The highest BCUT2D eigenvalue weighted by atomic mass is 35.5. The Bertz CT molecular complexity index is 630. The number of hydrogen-bond acceptors (Lipinski definition) is 3. The number of hydrogen-bond donors (Lipinski definition) is 1. The van der Waals surface area contributed by atoms with E-state index in [1.165, 1.54) is 5.56 Å². The molecule has 1 aromatic heterocycles. The molecule has 0 aliphatic heterocycles. The van der Waals surface area contributed by atoms with Crippen molar-refractivity contribution in [2.24, 2.45) is 0 Å². The highest BCUT2D eigenvalue weighted by Gasteiger charge is 2.14. The second-order valence-electron chi connectivity index (χ2n) is 5.02. The van der Waals surface area contributed by atoms with Gasteiger partial charge in [0.25, 0.3) is 0 Å². The van der Waals surface area contributed by atoms with Crippen LogP contribution in [0.5, 0.6) is 11.6 Å². The monoisotopic (exact) mass is 291 g/mol. The summed E-state index contributed by atoms with van der Waals surface area (Å²) in [6, 6.07) is 5.82. The summed E-state index contributed by atoms with van der Waals surface area (Å²) < 4.78 is 5.92. The standard InChI is InChI=1S/C16H18ClNO2/c1-9-5-10(2)15(11(3)6-9)20-16-13(8-19)14(17)7-12(4)18-16/h5-7,19H,8H2,1-4H3. The van der Waals surface area contributed by atoms with Crippen molar-refractivity contribution in [3.8, 4) is 11.6 Å². The molecule has 106 valence electrons. The molecule has 0 unspecified atom stereocenters. The van der Waals surface area contributed by atoms with Gasteiger partial charge in [-0.1, -0.05) is 29.3 Å². The van der Waals surface area contributed by atoms with Gasteiger partial charge >= 0.3 is 0 Å². The molecule has 2 rings (SSSR count). The lowest BCUT2D eigenvalue weighted by Crippen LogP contribution is -2.00. The van der Waals surface area contributed by atoms with Crippen LogP contribution >= 0.6 is 11.6 Å². The summed E-state index contributed by atoms with van der Waals surface area (Å²) in [6.45, 7) is 7.67. The van der Waals surface area contributed by atoms with Crippen LogP contribution in [-0.4, -0.2) is 10.1 Å². The maximum absolute atomic E-state index is 9.45. The van der Waals surface area contributed by atoms with Gasteiger partial charge in [-0.05, 0) is 44.9 Å². The molecule has 0 aliphatic rings. The zero-order valence-electron chi connectivity index (χ0n) is 12.1. The van der Waals surface area contributed by atoms with Crippen LogP contribution in [0.25, 0.3) is 0 Å². The van der Waals surface area contributed by atoms with E-state index >= 15 is 0 Å². The zero-order valence-corrected chi connectivity index (χ0v) is 12.9. The molecule has 20 heavy (non-hydrogen) atoms. The first-order valence-corrected chi connectivity index (χ1v) is 6.82. The number of aliphatic hydroxyl groups excluding tert-OH is 1. The minimum absolute atomic E-state index is 0.203. The van der Waals surface area contributed by atoms with Crippen LogP contribution in [0.4, 0.5) is 0 Å². The van der Waals surface area contributed by atoms with Gasteiger partial charge < -0.3 is 9.84 Å². The van der Waals surface area contributed by atoms with Crippen LogP contribution in [0.2, 0.25) is 5.02 Å². The third kappa shape index (κ3) is 2.94. The molecule has 0 saturated carbocycles. The van der Waals surface area contributed by atoms with E-state index in [9.17, 15) is 5.11 Å². The maximum atomic E-state index is 9.45. The molecule has 0 radical (unpaired) electrons. The van der Waals surface area contributed by atoms with Gasteiger partial charge in [-0.3, -0.25) is 0 Å². The van der Waals surface area contributed by atoms with Crippen LogP contribution < -0.4 is 4.74 Å². The van der Waals surface area contributed by atoms with E-state index in [-0.39, 0.29) is 6.61 Å². The van der Waals surface area contributed by atoms with E-state index in [0.29, 0.717) is 16.5 Å². The zero-order chi connectivity index (χ0) is 14.9. The second kappa shape index (κ2) is 5.81. The number of pyridine rings is 1.